The van der Waals surface area contributed by atoms with E-state index >= 15 is 0 Å². The maximum absolute atomic E-state index is 10.3. The van der Waals surface area contributed by atoms with Crippen molar-refractivity contribution < 1.29 is 40.9 Å². The quantitative estimate of drug-likeness (QED) is 0.0725. The number of hydrogen-bond acceptors (Lipinski definition) is 4. The molecular weight excluding hydrogens is 695 g/mol. The van der Waals surface area contributed by atoms with Gasteiger partial charge < -0.3 is 21.7 Å². The Hall–Kier alpha value is -0.452. The SMILES string of the molecule is CCCCCCCCCCCCCC(=O)O.CCCCCCCCCCCCCC(=O)O.NC1CCCCC1N.[Pt+2]. The summed E-state index contributed by atoms with van der Waals surface area (Å²) in [6, 6.07) is 0.562. The fourth-order valence-corrected chi connectivity index (χ4v) is 5.07. The summed E-state index contributed by atoms with van der Waals surface area (Å²) in [4.78, 5) is 20.5. The minimum atomic E-state index is -0.657. The molecule has 0 aromatic rings. The zero-order chi connectivity index (χ0) is 30.1. The molecule has 2 unspecified atom stereocenters. The van der Waals surface area contributed by atoms with E-state index in [2.05, 4.69) is 13.8 Å². The monoisotopic (exact) mass is 765 g/mol. The van der Waals surface area contributed by atoms with Crippen LogP contribution in [0.3, 0.4) is 0 Å². The molecule has 1 aliphatic rings. The van der Waals surface area contributed by atoms with E-state index in [1.165, 1.54) is 128 Å². The standard InChI is InChI=1S/2C14H28O2.C6H14N2.Pt/c2*1-2-3-4-5-6-7-8-9-10-11-12-13-14(15)16;7-5-3-1-2-4-6(5)8;/h2*2-13H2,1H3,(H,15,16);5-6H,1-4,7-8H2;/q;;;+2. The number of carboxylic acids is 2. The second-order valence-electron chi connectivity index (χ2n) is 12.0. The molecule has 7 heteroatoms. The van der Waals surface area contributed by atoms with Crippen LogP contribution >= 0.6 is 0 Å². The van der Waals surface area contributed by atoms with E-state index in [-0.39, 0.29) is 33.1 Å². The molecule has 2 atom stereocenters. The minimum absolute atomic E-state index is 0. The van der Waals surface area contributed by atoms with Crippen molar-refractivity contribution in [1.29, 1.82) is 0 Å². The number of rotatable bonds is 24. The van der Waals surface area contributed by atoms with Crippen LogP contribution < -0.4 is 11.5 Å². The summed E-state index contributed by atoms with van der Waals surface area (Å²) < 4.78 is 0. The molecule has 0 bridgehead atoms. The first-order valence-corrected chi connectivity index (χ1v) is 17.3. The maximum Gasteiger partial charge on any atom is 2.00 e. The van der Waals surface area contributed by atoms with Gasteiger partial charge in [-0.1, -0.05) is 155 Å². The minimum Gasteiger partial charge on any atom is -0.481 e. The van der Waals surface area contributed by atoms with E-state index in [9.17, 15) is 9.59 Å². The van der Waals surface area contributed by atoms with Gasteiger partial charge in [0, 0.05) is 24.9 Å². The van der Waals surface area contributed by atoms with Crippen LogP contribution in [0.4, 0.5) is 0 Å². The predicted octanol–water partition coefficient (Wildman–Crippen LogP) is 9.76. The van der Waals surface area contributed by atoms with E-state index in [0.29, 0.717) is 12.8 Å². The van der Waals surface area contributed by atoms with Gasteiger partial charge in [-0.15, -0.1) is 0 Å². The Kier molecular flexibility index (Phi) is 41.2. The van der Waals surface area contributed by atoms with Gasteiger partial charge in [0.2, 0.25) is 0 Å². The van der Waals surface area contributed by atoms with Crippen LogP contribution in [-0.2, 0) is 30.7 Å². The fraction of sp³-hybridized carbons (Fsp3) is 0.941. The van der Waals surface area contributed by atoms with Crippen LogP contribution in [-0.4, -0.2) is 34.2 Å². The van der Waals surface area contributed by atoms with Crippen molar-refractivity contribution in [2.75, 3.05) is 0 Å². The molecule has 6 nitrogen and oxygen atoms in total. The Morgan fingerprint density at radius 2 is 0.707 bits per heavy atom. The molecule has 0 heterocycles. The summed E-state index contributed by atoms with van der Waals surface area (Å²) in [7, 11) is 0. The molecule has 1 saturated carbocycles. The second-order valence-corrected chi connectivity index (χ2v) is 12.0. The van der Waals surface area contributed by atoms with Gasteiger partial charge in [0.15, 0.2) is 0 Å². The van der Waals surface area contributed by atoms with Gasteiger partial charge in [0.1, 0.15) is 0 Å². The predicted molar refractivity (Wildman–Crippen MR) is 172 cm³/mol. The molecule has 0 aromatic heterocycles. The Morgan fingerprint density at radius 1 is 0.488 bits per heavy atom. The smallest absolute Gasteiger partial charge is 0.481 e. The van der Waals surface area contributed by atoms with Crippen LogP contribution in [0.15, 0.2) is 0 Å². The first kappa shape index (κ1) is 45.0. The molecule has 248 valence electrons. The van der Waals surface area contributed by atoms with Crippen molar-refractivity contribution in [1.82, 2.24) is 0 Å². The Labute approximate surface area is 269 Å². The molecule has 0 radical (unpaired) electrons. The van der Waals surface area contributed by atoms with Gasteiger partial charge in [0.25, 0.3) is 0 Å². The zero-order valence-electron chi connectivity index (χ0n) is 27.1. The Bertz CT molecular complexity index is 491. The molecule has 0 amide bonds. The third kappa shape index (κ3) is 41.7. The van der Waals surface area contributed by atoms with Crippen molar-refractivity contribution in [3.63, 3.8) is 0 Å². The summed E-state index contributed by atoms with van der Waals surface area (Å²) in [5.74, 6) is -1.31. The van der Waals surface area contributed by atoms with Crippen molar-refractivity contribution in [2.24, 2.45) is 11.5 Å². The summed E-state index contributed by atoms with van der Waals surface area (Å²) in [5.41, 5.74) is 11.3. The first-order chi connectivity index (χ1) is 19.3. The Balaban J connectivity index is -0.000000548. The van der Waals surface area contributed by atoms with Crippen LogP contribution in [0.1, 0.15) is 194 Å². The summed E-state index contributed by atoms with van der Waals surface area (Å²) in [5, 5.41) is 16.9. The number of unbranched alkanes of at least 4 members (excludes halogenated alkanes) is 20. The largest absolute Gasteiger partial charge is 2.00 e. The molecule has 6 N–H and O–H groups in total. The van der Waals surface area contributed by atoms with Crippen molar-refractivity contribution in [3.05, 3.63) is 0 Å². The van der Waals surface area contributed by atoms with Crippen molar-refractivity contribution >= 4 is 11.9 Å². The number of carboxylic acid groups (broad SMARTS) is 2. The summed E-state index contributed by atoms with van der Waals surface area (Å²) in [6.45, 7) is 4.49. The number of aliphatic carboxylic acids is 2. The maximum atomic E-state index is 10.3. The van der Waals surface area contributed by atoms with Gasteiger partial charge in [-0.25, -0.2) is 0 Å². The summed E-state index contributed by atoms with van der Waals surface area (Å²) >= 11 is 0. The molecule has 1 aliphatic carbocycles. The molecule has 41 heavy (non-hydrogen) atoms. The van der Waals surface area contributed by atoms with Crippen molar-refractivity contribution in [2.45, 2.75) is 206 Å². The molecule has 0 aromatic carbocycles. The van der Waals surface area contributed by atoms with E-state index < -0.39 is 11.9 Å². The van der Waals surface area contributed by atoms with Crippen molar-refractivity contribution in [3.8, 4) is 0 Å². The number of hydrogen-bond donors (Lipinski definition) is 4. The third-order valence-electron chi connectivity index (χ3n) is 7.86. The third-order valence-corrected chi connectivity index (χ3v) is 7.86. The molecule has 0 aliphatic heterocycles. The van der Waals surface area contributed by atoms with Crippen LogP contribution in [0.2, 0.25) is 0 Å². The fourth-order valence-electron chi connectivity index (χ4n) is 5.07. The Morgan fingerprint density at radius 3 is 0.902 bits per heavy atom. The van der Waals surface area contributed by atoms with Gasteiger partial charge in [-0.05, 0) is 25.7 Å². The topological polar surface area (TPSA) is 127 Å². The molecule has 1 rings (SSSR count). The zero-order valence-corrected chi connectivity index (χ0v) is 29.4. The average Bonchev–Trinajstić information content (AvgIpc) is 2.92. The van der Waals surface area contributed by atoms with Gasteiger partial charge >= 0.3 is 33.0 Å². The van der Waals surface area contributed by atoms with E-state index in [4.69, 9.17) is 21.7 Å². The number of carbonyl (C=O) groups is 2. The average molecular weight is 766 g/mol. The molecule has 0 spiro atoms. The van der Waals surface area contributed by atoms with Crippen LogP contribution in [0, 0.1) is 0 Å². The van der Waals surface area contributed by atoms with E-state index in [1.807, 2.05) is 0 Å². The van der Waals surface area contributed by atoms with Crippen LogP contribution in [0.25, 0.3) is 0 Å². The van der Waals surface area contributed by atoms with Gasteiger partial charge in [0.05, 0.1) is 0 Å². The molecule has 1 fully saturated rings. The molecule has 0 saturated heterocycles. The van der Waals surface area contributed by atoms with Gasteiger partial charge in [-0.3, -0.25) is 9.59 Å². The normalized spacial score (nSPS) is 16.0. The van der Waals surface area contributed by atoms with E-state index in [0.717, 1.165) is 38.5 Å². The second kappa shape index (κ2) is 37.6. The first-order valence-electron chi connectivity index (χ1n) is 17.3. The molecular formula is C34H70N2O4Pt+2. The summed E-state index contributed by atoms with van der Waals surface area (Å²) in [6.07, 6.45) is 33.5. The number of nitrogens with two attached hydrogens (primary N) is 2. The van der Waals surface area contributed by atoms with Crippen LogP contribution in [0.5, 0.6) is 0 Å². The van der Waals surface area contributed by atoms with Gasteiger partial charge in [-0.2, -0.15) is 0 Å². The van der Waals surface area contributed by atoms with E-state index in [1.54, 1.807) is 0 Å².